The molecule has 0 unspecified atom stereocenters. The Hall–Kier alpha value is -1.39. The quantitative estimate of drug-likeness (QED) is 0.887. The highest BCUT2D eigenvalue weighted by Crippen LogP contribution is 2.27. The minimum absolute atomic E-state index is 0.225. The van der Waals surface area contributed by atoms with Crippen molar-refractivity contribution in [1.29, 1.82) is 0 Å². The molecule has 1 aromatic heterocycles. The average molecular weight is 234 g/mol. The van der Waals surface area contributed by atoms with Crippen LogP contribution in [0, 0.1) is 5.82 Å². The molecule has 0 saturated heterocycles. The monoisotopic (exact) mass is 234 g/mol. The Labute approximate surface area is 97.7 Å². The van der Waals surface area contributed by atoms with Crippen LogP contribution in [0.3, 0.4) is 0 Å². The third kappa shape index (κ3) is 2.59. The smallest absolute Gasteiger partial charge is 0.137 e. The van der Waals surface area contributed by atoms with Crippen LogP contribution in [-0.4, -0.2) is 4.98 Å². The largest absolute Gasteiger partial charge is 0.326 e. The molecule has 82 valence electrons. The summed E-state index contributed by atoms with van der Waals surface area (Å²) < 4.78 is 13.4. The van der Waals surface area contributed by atoms with Crippen molar-refractivity contribution in [3.63, 3.8) is 0 Å². The third-order valence-corrected chi connectivity index (χ3v) is 3.09. The van der Waals surface area contributed by atoms with Crippen LogP contribution in [0.25, 0.3) is 0 Å². The first kappa shape index (κ1) is 11.1. The van der Waals surface area contributed by atoms with Gasteiger partial charge in [0.05, 0.1) is 0 Å². The zero-order chi connectivity index (χ0) is 11.4. The van der Waals surface area contributed by atoms with E-state index < -0.39 is 0 Å². The second-order valence-electron chi connectivity index (χ2n) is 3.24. The van der Waals surface area contributed by atoms with Gasteiger partial charge in [-0.1, -0.05) is 30.0 Å². The predicted octanol–water partition coefficient (Wildman–Crippen LogP) is 2.83. The fraction of sp³-hybridized carbons (Fsp3) is 0.0833. The predicted molar refractivity (Wildman–Crippen MR) is 62.7 cm³/mol. The van der Waals surface area contributed by atoms with Crippen LogP contribution >= 0.6 is 11.8 Å². The van der Waals surface area contributed by atoms with E-state index in [2.05, 4.69) is 4.98 Å². The van der Waals surface area contributed by atoms with Crippen molar-refractivity contribution in [3.8, 4) is 0 Å². The van der Waals surface area contributed by atoms with E-state index in [4.69, 9.17) is 5.73 Å². The molecule has 0 saturated carbocycles. The van der Waals surface area contributed by atoms with E-state index in [9.17, 15) is 4.39 Å². The second kappa shape index (κ2) is 5.09. The lowest BCUT2D eigenvalue weighted by atomic mass is 10.3. The normalized spacial score (nSPS) is 10.4. The highest BCUT2D eigenvalue weighted by molar-refractivity contribution is 7.99. The Morgan fingerprint density at radius 3 is 2.62 bits per heavy atom. The lowest BCUT2D eigenvalue weighted by Crippen LogP contribution is -1.96. The van der Waals surface area contributed by atoms with Gasteiger partial charge in [-0.2, -0.15) is 0 Å². The maximum absolute atomic E-state index is 13.4. The van der Waals surface area contributed by atoms with E-state index in [1.165, 1.54) is 17.8 Å². The minimum Gasteiger partial charge on any atom is -0.326 e. The summed E-state index contributed by atoms with van der Waals surface area (Å²) in [6, 6.07) is 10.4. The molecule has 4 heteroatoms. The number of halogens is 1. The van der Waals surface area contributed by atoms with Crippen LogP contribution in [0.1, 0.15) is 5.56 Å². The van der Waals surface area contributed by atoms with E-state index in [0.717, 1.165) is 10.6 Å². The summed E-state index contributed by atoms with van der Waals surface area (Å²) in [5.41, 5.74) is 6.44. The van der Waals surface area contributed by atoms with Gasteiger partial charge in [0.1, 0.15) is 10.8 Å². The van der Waals surface area contributed by atoms with E-state index in [1.807, 2.05) is 12.1 Å². The van der Waals surface area contributed by atoms with Crippen LogP contribution in [0.5, 0.6) is 0 Å². The molecule has 0 radical (unpaired) electrons. The molecule has 0 amide bonds. The summed E-state index contributed by atoms with van der Waals surface area (Å²) in [4.78, 5) is 4.78. The lowest BCUT2D eigenvalue weighted by molar-refractivity contribution is 0.602. The molecule has 2 nitrogen and oxygen atoms in total. The van der Waals surface area contributed by atoms with Crippen LogP contribution in [-0.2, 0) is 6.54 Å². The summed E-state index contributed by atoms with van der Waals surface area (Å²) in [5.74, 6) is -0.225. The van der Waals surface area contributed by atoms with Crippen molar-refractivity contribution in [2.24, 2.45) is 5.73 Å². The molecule has 1 heterocycles. The van der Waals surface area contributed by atoms with Gasteiger partial charge < -0.3 is 5.73 Å². The zero-order valence-corrected chi connectivity index (χ0v) is 9.38. The van der Waals surface area contributed by atoms with Gasteiger partial charge in [-0.15, -0.1) is 0 Å². The number of aromatic nitrogens is 1. The van der Waals surface area contributed by atoms with Crippen molar-refractivity contribution in [2.75, 3.05) is 0 Å². The van der Waals surface area contributed by atoms with Gasteiger partial charge in [-0.05, 0) is 23.8 Å². The Kier molecular flexibility index (Phi) is 3.54. The van der Waals surface area contributed by atoms with Gasteiger partial charge in [-0.25, -0.2) is 9.37 Å². The molecule has 0 bridgehead atoms. The Morgan fingerprint density at radius 2 is 2.00 bits per heavy atom. The number of nitrogens with zero attached hydrogens (tertiary/aromatic N) is 1. The van der Waals surface area contributed by atoms with Crippen molar-refractivity contribution >= 4 is 11.8 Å². The molecule has 1 aromatic carbocycles. The first-order valence-corrected chi connectivity index (χ1v) is 5.68. The highest BCUT2D eigenvalue weighted by Gasteiger charge is 2.03. The first-order valence-electron chi connectivity index (χ1n) is 4.87. The maximum atomic E-state index is 13.4. The standard InChI is InChI=1S/C12H11FN2S/c13-10-3-1-2-4-11(10)16-12-6-5-9(7-14)8-15-12/h1-6,8H,7,14H2. The summed E-state index contributed by atoms with van der Waals surface area (Å²) in [6.07, 6.45) is 1.71. The summed E-state index contributed by atoms with van der Waals surface area (Å²) >= 11 is 1.31. The van der Waals surface area contributed by atoms with Crippen LogP contribution < -0.4 is 5.73 Å². The first-order chi connectivity index (χ1) is 7.79. The molecule has 0 aliphatic carbocycles. The fourth-order valence-electron chi connectivity index (χ4n) is 1.23. The molecule has 0 atom stereocenters. The molecule has 16 heavy (non-hydrogen) atoms. The van der Waals surface area contributed by atoms with Gasteiger partial charge >= 0.3 is 0 Å². The van der Waals surface area contributed by atoms with Crippen molar-refractivity contribution < 1.29 is 4.39 Å². The van der Waals surface area contributed by atoms with Gasteiger partial charge in [0.2, 0.25) is 0 Å². The molecular formula is C12H11FN2S. The van der Waals surface area contributed by atoms with Crippen molar-refractivity contribution in [1.82, 2.24) is 4.98 Å². The lowest BCUT2D eigenvalue weighted by Gasteiger charge is -2.02. The molecule has 2 N–H and O–H groups in total. The fourth-order valence-corrected chi connectivity index (χ4v) is 2.01. The van der Waals surface area contributed by atoms with Gasteiger partial charge in [-0.3, -0.25) is 0 Å². The average Bonchev–Trinajstić information content (AvgIpc) is 2.33. The van der Waals surface area contributed by atoms with Crippen molar-refractivity contribution in [3.05, 3.63) is 54.0 Å². The molecular weight excluding hydrogens is 223 g/mol. The Balaban J connectivity index is 2.18. The topological polar surface area (TPSA) is 38.9 Å². The number of hydrogen-bond donors (Lipinski definition) is 1. The van der Waals surface area contributed by atoms with Crippen LogP contribution in [0.4, 0.5) is 4.39 Å². The number of nitrogens with two attached hydrogens (primary N) is 1. The van der Waals surface area contributed by atoms with E-state index in [1.54, 1.807) is 24.4 Å². The van der Waals surface area contributed by atoms with Crippen molar-refractivity contribution in [2.45, 2.75) is 16.5 Å². The molecule has 2 aromatic rings. The Morgan fingerprint density at radius 1 is 1.19 bits per heavy atom. The molecule has 0 spiro atoms. The van der Waals surface area contributed by atoms with Gasteiger partial charge in [0.25, 0.3) is 0 Å². The number of rotatable bonds is 3. The SMILES string of the molecule is NCc1ccc(Sc2ccccc2F)nc1. The highest BCUT2D eigenvalue weighted by atomic mass is 32.2. The van der Waals surface area contributed by atoms with Gasteiger partial charge in [0.15, 0.2) is 0 Å². The van der Waals surface area contributed by atoms with E-state index in [-0.39, 0.29) is 5.82 Å². The maximum Gasteiger partial charge on any atom is 0.137 e. The van der Waals surface area contributed by atoms with E-state index >= 15 is 0 Å². The molecule has 0 fully saturated rings. The number of benzene rings is 1. The number of pyridine rings is 1. The Bertz CT molecular complexity index is 471. The zero-order valence-electron chi connectivity index (χ0n) is 8.56. The molecule has 2 rings (SSSR count). The number of hydrogen-bond acceptors (Lipinski definition) is 3. The summed E-state index contributed by atoms with van der Waals surface area (Å²) in [6.45, 7) is 0.470. The summed E-state index contributed by atoms with van der Waals surface area (Å²) in [5, 5.41) is 0.766. The van der Waals surface area contributed by atoms with E-state index in [0.29, 0.717) is 11.4 Å². The second-order valence-corrected chi connectivity index (χ2v) is 4.30. The third-order valence-electron chi connectivity index (χ3n) is 2.08. The molecule has 0 aliphatic heterocycles. The van der Waals surface area contributed by atoms with Crippen LogP contribution in [0.2, 0.25) is 0 Å². The molecule has 0 aliphatic rings. The van der Waals surface area contributed by atoms with Crippen LogP contribution in [0.15, 0.2) is 52.5 Å². The van der Waals surface area contributed by atoms with Gasteiger partial charge in [0, 0.05) is 17.6 Å². The minimum atomic E-state index is -0.225. The summed E-state index contributed by atoms with van der Waals surface area (Å²) in [7, 11) is 0.